The predicted octanol–water partition coefficient (Wildman–Crippen LogP) is 1.97. The smallest absolute Gasteiger partial charge is 0.228 e. The summed E-state index contributed by atoms with van der Waals surface area (Å²) in [5.74, 6) is 0.445. The minimum atomic E-state index is -0.336. The van der Waals surface area contributed by atoms with Crippen molar-refractivity contribution < 1.29 is 9.59 Å². The lowest BCUT2D eigenvalue weighted by Crippen LogP contribution is -2.53. The van der Waals surface area contributed by atoms with E-state index in [1.54, 1.807) is 0 Å². The molecule has 0 aromatic rings. The molecule has 2 fully saturated rings. The minimum Gasteiger partial charge on any atom is -0.339 e. The first-order valence-corrected chi connectivity index (χ1v) is 9.06. The van der Waals surface area contributed by atoms with Crippen LogP contribution in [-0.4, -0.2) is 72.3 Å². The number of piperidine rings is 1. The first kappa shape index (κ1) is 18.2. The lowest BCUT2D eigenvalue weighted by atomic mass is 9.94. The van der Waals surface area contributed by atoms with E-state index in [1.807, 2.05) is 30.6 Å². The lowest BCUT2D eigenvalue weighted by Gasteiger charge is -2.38. The highest BCUT2D eigenvalue weighted by Crippen LogP contribution is 2.21. The topological polar surface area (TPSA) is 43.9 Å². The molecule has 5 nitrogen and oxygen atoms in total. The molecule has 2 aliphatic rings. The first-order valence-electron chi connectivity index (χ1n) is 9.06. The van der Waals surface area contributed by atoms with Crippen LogP contribution in [0, 0.1) is 5.41 Å². The van der Waals surface area contributed by atoms with E-state index >= 15 is 0 Å². The molecule has 1 unspecified atom stereocenters. The number of amides is 2. The molecule has 5 heteroatoms. The van der Waals surface area contributed by atoms with Gasteiger partial charge in [-0.05, 0) is 32.9 Å². The van der Waals surface area contributed by atoms with E-state index < -0.39 is 0 Å². The monoisotopic (exact) mass is 323 g/mol. The largest absolute Gasteiger partial charge is 0.339 e. The second-order valence-electron chi connectivity index (χ2n) is 8.09. The Labute approximate surface area is 141 Å². The van der Waals surface area contributed by atoms with Gasteiger partial charge < -0.3 is 14.7 Å². The Hall–Kier alpha value is -1.10. The highest BCUT2D eigenvalue weighted by atomic mass is 16.2. The average molecular weight is 323 g/mol. The molecule has 2 saturated heterocycles. The van der Waals surface area contributed by atoms with E-state index in [0.717, 1.165) is 13.0 Å². The van der Waals surface area contributed by atoms with Gasteiger partial charge in [-0.3, -0.25) is 9.59 Å². The Morgan fingerprint density at radius 2 is 1.57 bits per heavy atom. The molecule has 0 aromatic heterocycles. The van der Waals surface area contributed by atoms with Crippen molar-refractivity contribution in [2.45, 2.75) is 58.9 Å². The highest BCUT2D eigenvalue weighted by Gasteiger charge is 2.31. The maximum atomic E-state index is 12.4. The van der Waals surface area contributed by atoms with Crippen LogP contribution in [-0.2, 0) is 9.59 Å². The van der Waals surface area contributed by atoms with Crippen LogP contribution in [0.2, 0.25) is 0 Å². The maximum absolute atomic E-state index is 12.4. The van der Waals surface area contributed by atoms with Crippen LogP contribution in [0.15, 0.2) is 0 Å². The summed E-state index contributed by atoms with van der Waals surface area (Å²) in [5.41, 5.74) is -0.336. The van der Waals surface area contributed by atoms with Crippen molar-refractivity contribution in [2.24, 2.45) is 5.41 Å². The minimum absolute atomic E-state index is 0.188. The van der Waals surface area contributed by atoms with Crippen LogP contribution in [0.4, 0.5) is 0 Å². The molecular formula is C18H33N3O2. The summed E-state index contributed by atoms with van der Waals surface area (Å²) in [6.07, 6.45) is 5.40. The molecule has 0 aliphatic carbocycles. The molecule has 2 heterocycles. The molecule has 1 atom stereocenters. The third kappa shape index (κ3) is 4.93. The predicted molar refractivity (Wildman–Crippen MR) is 92.1 cm³/mol. The summed E-state index contributed by atoms with van der Waals surface area (Å²) in [7, 11) is 2.17. The fourth-order valence-corrected chi connectivity index (χ4v) is 3.59. The molecular weight excluding hydrogens is 290 g/mol. The van der Waals surface area contributed by atoms with Gasteiger partial charge in [-0.1, -0.05) is 27.2 Å². The van der Waals surface area contributed by atoms with E-state index in [-0.39, 0.29) is 17.2 Å². The zero-order chi connectivity index (χ0) is 17.0. The van der Waals surface area contributed by atoms with Gasteiger partial charge in [0.1, 0.15) is 0 Å². The molecule has 0 N–H and O–H groups in total. The third-order valence-corrected chi connectivity index (χ3v) is 5.17. The van der Waals surface area contributed by atoms with Crippen molar-refractivity contribution in [3.8, 4) is 0 Å². The number of carbonyl (C=O) groups is 2. The molecule has 0 spiro atoms. The molecule has 23 heavy (non-hydrogen) atoms. The number of likely N-dealkylation sites (tertiary alicyclic amines) is 1. The van der Waals surface area contributed by atoms with Crippen molar-refractivity contribution in [1.82, 2.24) is 14.7 Å². The summed E-state index contributed by atoms with van der Waals surface area (Å²) in [6.45, 7) is 9.72. The van der Waals surface area contributed by atoms with Gasteiger partial charge in [-0.2, -0.15) is 0 Å². The summed E-state index contributed by atoms with van der Waals surface area (Å²) in [4.78, 5) is 30.9. The van der Waals surface area contributed by atoms with Gasteiger partial charge in [-0.25, -0.2) is 0 Å². The van der Waals surface area contributed by atoms with Crippen molar-refractivity contribution in [1.29, 1.82) is 0 Å². The van der Waals surface area contributed by atoms with Crippen LogP contribution in [0.1, 0.15) is 52.9 Å². The van der Waals surface area contributed by atoms with Gasteiger partial charge >= 0.3 is 0 Å². The molecule has 0 saturated carbocycles. The maximum Gasteiger partial charge on any atom is 0.228 e. The zero-order valence-corrected chi connectivity index (χ0v) is 15.3. The van der Waals surface area contributed by atoms with Crippen molar-refractivity contribution in [3.05, 3.63) is 0 Å². The fraction of sp³-hybridized carbons (Fsp3) is 0.889. The van der Waals surface area contributed by atoms with Gasteiger partial charge in [0.15, 0.2) is 0 Å². The zero-order valence-electron chi connectivity index (χ0n) is 15.3. The standard InChI is InChI=1S/C18H33N3O2/c1-18(2,3)17(23)21-13-11-20(12-14-21)16(22)9-8-15-7-5-6-10-19(15)4/h15H,5-14H2,1-4H3. The normalized spacial score (nSPS) is 23.9. The van der Waals surface area contributed by atoms with Gasteiger partial charge in [0.2, 0.25) is 11.8 Å². The molecule has 2 amide bonds. The van der Waals surface area contributed by atoms with E-state index in [2.05, 4.69) is 11.9 Å². The Morgan fingerprint density at radius 1 is 0.957 bits per heavy atom. The summed E-state index contributed by atoms with van der Waals surface area (Å²) in [5, 5.41) is 0. The number of nitrogens with zero attached hydrogens (tertiary/aromatic N) is 3. The van der Waals surface area contributed by atoms with E-state index in [1.165, 1.54) is 19.3 Å². The molecule has 132 valence electrons. The summed E-state index contributed by atoms with van der Waals surface area (Å²) < 4.78 is 0. The number of carbonyl (C=O) groups excluding carboxylic acids is 2. The van der Waals surface area contributed by atoms with Crippen molar-refractivity contribution in [3.63, 3.8) is 0 Å². The van der Waals surface area contributed by atoms with E-state index in [9.17, 15) is 9.59 Å². The van der Waals surface area contributed by atoms with Gasteiger partial charge in [0, 0.05) is 44.1 Å². The second-order valence-corrected chi connectivity index (χ2v) is 8.09. The number of hydrogen-bond acceptors (Lipinski definition) is 3. The van der Waals surface area contributed by atoms with Crippen LogP contribution in [0.3, 0.4) is 0 Å². The first-order chi connectivity index (χ1) is 10.8. The van der Waals surface area contributed by atoms with Crippen LogP contribution < -0.4 is 0 Å². The molecule has 0 aromatic carbocycles. The molecule has 2 rings (SSSR count). The van der Waals surface area contributed by atoms with Crippen LogP contribution in [0.5, 0.6) is 0 Å². The van der Waals surface area contributed by atoms with Gasteiger partial charge in [0.05, 0.1) is 0 Å². The van der Waals surface area contributed by atoms with Crippen LogP contribution in [0.25, 0.3) is 0 Å². The molecule has 0 radical (unpaired) electrons. The van der Waals surface area contributed by atoms with Crippen molar-refractivity contribution >= 4 is 11.8 Å². The Kier molecular flexibility index (Phi) is 6.06. The Morgan fingerprint density at radius 3 is 2.13 bits per heavy atom. The molecule has 0 bridgehead atoms. The second kappa shape index (κ2) is 7.65. The van der Waals surface area contributed by atoms with Gasteiger partial charge in [0.25, 0.3) is 0 Å². The third-order valence-electron chi connectivity index (χ3n) is 5.17. The summed E-state index contributed by atoms with van der Waals surface area (Å²) in [6, 6.07) is 0.566. The van der Waals surface area contributed by atoms with Gasteiger partial charge in [-0.15, -0.1) is 0 Å². The van der Waals surface area contributed by atoms with Crippen LogP contribution >= 0.6 is 0 Å². The quantitative estimate of drug-likeness (QED) is 0.797. The van der Waals surface area contributed by atoms with E-state index in [0.29, 0.717) is 38.6 Å². The van der Waals surface area contributed by atoms with E-state index in [4.69, 9.17) is 0 Å². The summed E-state index contributed by atoms with van der Waals surface area (Å²) >= 11 is 0. The highest BCUT2D eigenvalue weighted by molar-refractivity contribution is 5.82. The fourth-order valence-electron chi connectivity index (χ4n) is 3.59. The average Bonchev–Trinajstić information content (AvgIpc) is 2.52. The molecule has 2 aliphatic heterocycles. The Bertz CT molecular complexity index is 422. The number of rotatable bonds is 3. The SMILES string of the molecule is CN1CCCCC1CCC(=O)N1CCN(C(=O)C(C)(C)C)CC1. The number of piperazine rings is 1. The number of hydrogen-bond donors (Lipinski definition) is 0. The van der Waals surface area contributed by atoms with Crippen molar-refractivity contribution in [2.75, 3.05) is 39.8 Å². The Balaban J connectivity index is 1.74. The lowest BCUT2D eigenvalue weighted by molar-refractivity contribution is -0.145.